The lowest BCUT2D eigenvalue weighted by Gasteiger charge is -2.09. The monoisotopic (exact) mass is 342 g/mol. The number of hydrogen-bond donors (Lipinski definition) is 0. The highest BCUT2D eigenvalue weighted by Crippen LogP contribution is 2.44. The average molecular weight is 342 g/mol. The van der Waals surface area contributed by atoms with Crippen LogP contribution < -0.4 is 9.47 Å². The van der Waals surface area contributed by atoms with Crippen molar-refractivity contribution in [3.63, 3.8) is 0 Å². The second-order valence-electron chi connectivity index (χ2n) is 5.24. The zero-order valence-electron chi connectivity index (χ0n) is 13.7. The molecule has 1 aromatic rings. The molecular formula is C16H22O6S. The van der Waals surface area contributed by atoms with Gasteiger partial charge in [0.05, 0.1) is 26.4 Å². The van der Waals surface area contributed by atoms with Crippen LogP contribution >= 0.6 is 11.3 Å². The summed E-state index contributed by atoms with van der Waals surface area (Å²) in [6.07, 6.45) is 1.71. The van der Waals surface area contributed by atoms with E-state index in [4.69, 9.17) is 18.9 Å². The third-order valence-corrected chi connectivity index (χ3v) is 4.57. The van der Waals surface area contributed by atoms with Gasteiger partial charge in [0.25, 0.3) is 0 Å². The number of carbonyl (C=O) groups is 2. The second kappa shape index (κ2) is 8.19. The Morgan fingerprint density at radius 2 is 1.43 bits per heavy atom. The van der Waals surface area contributed by atoms with E-state index in [0.717, 1.165) is 24.2 Å². The largest absolute Gasteiger partial charge is 0.488 e. The Bertz CT molecular complexity index is 519. The molecule has 1 aliphatic heterocycles. The topological polar surface area (TPSA) is 71.1 Å². The van der Waals surface area contributed by atoms with Gasteiger partial charge in [-0.15, -0.1) is 11.3 Å². The molecule has 0 aliphatic carbocycles. The highest BCUT2D eigenvalue weighted by atomic mass is 32.1. The molecule has 0 bridgehead atoms. The molecule has 0 fully saturated rings. The average Bonchev–Trinajstić information content (AvgIpc) is 2.89. The lowest BCUT2D eigenvalue weighted by molar-refractivity contribution is 0.0517. The van der Waals surface area contributed by atoms with E-state index >= 15 is 0 Å². The molecule has 0 atom stereocenters. The molecule has 0 radical (unpaired) electrons. The molecule has 0 saturated carbocycles. The van der Waals surface area contributed by atoms with Crippen molar-refractivity contribution in [2.45, 2.75) is 33.6 Å². The van der Waals surface area contributed by atoms with Crippen molar-refractivity contribution in [1.82, 2.24) is 0 Å². The lowest BCUT2D eigenvalue weighted by atomic mass is 10.1. The fraction of sp³-hybridized carbons (Fsp3) is 0.625. The zero-order valence-corrected chi connectivity index (χ0v) is 14.5. The summed E-state index contributed by atoms with van der Waals surface area (Å²) >= 11 is 0.998. The minimum Gasteiger partial charge on any atom is -0.488 e. The first kappa shape index (κ1) is 17.6. The molecule has 7 heteroatoms. The fourth-order valence-corrected chi connectivity index (χ4v) is 3.17. The Hall–Kier alpha value is -1.76. The fourth-order valence-electron chi connectivity index (χ4n) is 2.19. The van der Waals surface area contributed by atoms with Gasteiger partial charge in [0.1, 0.15) is 0 Å². The van der Waals surface area contributed by atoms with Crippen LogP contribution in [-0.4, -0.2) is 38.4 Å². The zero-order chi connectivity index (χ0) is 16.8. The van der Waals surface area contributed by atoms with Gasteiger partial charge in [0.15, 0.2) is 21.3 Å². The summed E-state index contributed by atoms with van der Waals surface area (Å²) in [6, 6.07) is 0. The third kappa shape index (κ3) is 4.16. The van der Waals surface area contributed by atoms with E-state index in [9.17, 15) is 9.59 Å². The molecule has 0 amide bonds. The Morgan fingerprint density at radius 1 is 1.00 bits per heavy atom. The van der Waals surface area contributed by atoms with Crippen LogP contribution in [0.15, 0.2) is 0 Å². The van der Waals surface area contributed by atoms with E-state index in [1.54, 1.807) is 13.8 Å². The van der Waals surface area contributed by atoms with E-state index in [0.29, 0.717) is 30.6 Å². The van der Waals surface area contributed by atoms with E-state index in [1.807, 2.05) is 0 Å². The van der Waals surface area contributed by atoms with Crippen LogP contribution in [0.1, 0.15) is 53.0 Å². The maximum absolute atomic E-state index is 12.2. The standard InChI is InChI=1S/C16H22O6S/c1-4-19-15(17)13-11-12(14(23-13)16(18)20-5-2)22-9-7-10(3)6-8-21-11/h10H,4-9H2,1-3H3. The van der Waals surface area contributed by atoms with Gasteiger partial charge in [-0.3, -0.25) is 0 Å². The van der Waals surface area contributed by atoms with Crippen molar-refractivity contribution in [1.29, 1.82) is 0 Å². The molecule has 6 nitrogen and oxygen atoms in total. The van der Waals surface area contributed by atoms with Crippen LogP contribution in [0.25, 0.3) is 0 Å². The van der Waals surface area contributed by atoms with Crippen molar-refractivity contribution in [2.24, 2.45) is 5.92 Å². The molecule has 1 aliphatic rings. The first-order chi connectivity index (χ1) is 11.1. The molecular weight excluding hydrogens is 320 g/mol. The van der Waals surface area contributed by atoms with E-state index < -0.39 is 11.9 Å². The van der Waals surface area contributed by atoms with Crippen LogP contribution in [-0.2, 0) is 9.47 Å². The Labute approximate surface area is 139 Å². The first-order valence-corrected chi connectivity index (χ1v) is 8.66. The summed E-state index contributed by atoms with van der Waals surface area (Å²) in [7, 11) is 0. The van der Waals surface area contributed by atoms with E-state index in [2.05, 4.69) is 6.92 Å². The SMILES string of the molecule is CCOC(=O)c1sc(C(=O)OCC)c2c1OCCC(C)CCO2. The van der Waals surface area contributed by atoms with Gasteiger partial charge < -0.3 is 18.9 Å². The maximum Gasteiger partial charge on any atom is 0.352 e. The molecule has 1 aromatic heterocycles. The van der Waals surface area contributed by atoms with Gasteiger partial charge in [-0.25, -0.2) is 9.59 Å². The molecule has 0 aromatic carbocycles. The Balaban J connectivity index is 2.42. The van der Waals surface area contributed by atoms with Gasteiger partial charge >= 0.3 is 11.9 Å². The smallest absolute Gasteiger partial charge is 0.352 e. The summed E-state index contributed by atoms with van der Waals surface area (Å²) in [5.74, 6) is 0.0105. The minimum absolute atomic E-state index is 0.248. The van der Waals surface area contributed by atoms with Crippen molar-refractivity contribution in [2.75, 3.05) is 26.4 Å². The van der Waals surface area contributed by atoms with Crippen LogP contribution in [0.5, 0.6) is 11.5 Å². The normalized spacial score (nSPS) is 15.3. The molecule has 0 saturated heterocycles. The van der Waals surface area contributed by atoms with E-state index in [1.165, 1.54) is 0 Å². The quantitative estimate of drug-likeness (QED) is 0.782. The van der Waals surface area contributed by atoms with Crippen LogP contribution in [0.3, 0.4) is 0 Å². The van der Waals surface area contributed by atoms with Crippen molar-refractivity contribution in [3.8, 4) is 11.5 Å². The first-order valence-electron chi connectivity index (χ1n) is 7.85. The van der Waals surface area contributed by atoms with Crippen molar-refractivity contribution >= 4 is 23.3 Å². The van der Waals surface area contributed by atoms with Crippen LogP contribution in [0.4, 0.5) is 0 Å². The summed E-state index contributed by atoms with van der Waals surface area (Å²) < 4.78 is 21.6. The number of esters is 2. The minimum atomic E-state index is -0.514. The van der Waals surface area contributed by atoms with E-state index in [-0.39, 0.29) is 23.0 Å². The lowest BCUT2D eigenvalue weighted by Crippen LogP contribution is -2.07. The Morgan fingerprint density at radius 3 is 1.83 bits per heavy atom. The maximum atomic E-state index is 12.2. The summed E-state index contributed by atoms with van der Waals surface area (Å²) in [4.78, 5) is 24.8. The van der Waals surface area contributed by atoms with Crippen LogP contribution in [0, 0.1) is 5.92 Å². The third-order valence-electron chi connectivity index (χ3n) is 3.46. The van der Waals surface area contributed by atoms with Crippen molar-refractivity contribution in [3.05, 3.63) is 9.75 Å². The summed E-state index contributed by atoms with van der Waals surface area (Å²) in [5, 5.41) is 0. The van der Waals surface area contributed by atoms with Gasteiger partial charge in [0.2, 0.25) is 0 Å². The van der Waals surface area contributed by atoms with Gasteiger partial charge in [-0.1, -0.05) is 6.92 Å². The van der Waals surface area contributed by atoms with Crippen molar-refractivity contribution < 1.29 is 28.5 Å². The number of fused-ring (bicyclic) bond motifs is 1. The number of rotatable bonds is 4. The number of carbonyl (C=O) groups excluding carboxylic acids is 2. The predicted octanol–water partition coefficient (Wildman–Crippen LogP) is 3.29. The van der Waals surface area contributed by atoms with Crippen LogP contribution in [0.2, 0.25) is 0 Å². The predicted molar refractivity (Wildman–Crippen MR) is 85.6 cm³/mol. The molecule has 0 N–H and O–H groups in total. The molecule has 2 rings (SSSR count). The molecule has 128 valence electrons. The Kier molecular flexibility index (Phi) is 6.27. The number of hydrogen-bond acceptors (Lipinski definition) is 7. The summed E-state index contributed by atoms with van der Waals surface area (Å²) in [6.45, 7) is 6.99. The second-order valence-corrected chi connectivity index (χ2v) is 6.26. The molecule has 0 unspecified atom stereocenters. The highest BCUT2D eigenvalue weighted by molar-refractivity contribution is 7.16. The number of ether oxygens (including phenoxy) is 4. The molecule has 0 spiro atoms. The van der Waals surface area contributed by atoms with Gasteiger partial charge in [0, 0.05) is 0 Å². The van der Waals surface area contributed by atoms with Gasteiger partial charge in [-0.2, -0.15) is 0 Å². The van der Waals surface area contributed by atoms with Gasteiger partial charge in [-0.05, 0) is 32.6 Å². The highest BCUT2D eigenvalue weighted by Gasteiger charge is 2.31. The molecule has 2 heterocycles. The number of thiophene rings is 1. The molecule has 23 heavy (non-hydrogen) atoms. The summed E-state index contributed by atoms with van der Waals surface area (Å²) in [5.41, 5.74) is 0.